The van der Waals surface area contributed by atoms with Crippen molar-refractivity contribution in [3.05, 3.63) is 23.7 Å². The Bertz CT molecular complexity index is 645. The first kappa shape index (κ1) is 16.9. The number of aliphatic hydroxyl groups is 2. The Hall–Kier alpha value is -1.50. The molecule has 2 heterocycles. The monoisotopic (exact) mass is 325 g/mol. The molecule has 2 N–H and O–H groups in total. The second-order valence-corrected chi connectivity index (χ2v) is 6.34. The van der Waals surface area contributed by atoms with Gasteiger partial charge in [0.2, 0.25) is 0 Å². The molecule has 3 rings (SSSR count). The fraction of sp³-hybridized carbons (Fsp3) is 0.533. The number of nitrogens with zero attached hydrogens (tertiary/aromatic N) is 3. The second-order valence-electron chi connectivity index (χ2n) is 5.98. The van der Waals surface area contributed by atoms with Crippen LogP contribution in [0.3, 0.4) is 0 Å². The van der Waals surface area contributed by atoms with Crippen molar-refractivity contribution in [2.24, 2.45) is 5.92 Å². The average Bonchev–Trinajstić information content (AvgIpc) is 3.02. The molecule has 2 atom stereocenters. The molecule has 7 heteroatoms. The lowest BCUT2D eigenvalue weighted by molar-refractivity contribution is -0.127. The third-order valence-corrected chi connectivity index (χ3v) is 3.79. The second kappa shape index (κ2) is 6.73. The standard InChI is InChI=1S/C12H12ClN3O.C3H8O2/c13-11-10-3-4-16(12(10)15-7-14-11)9-2-1-8(5-9)6-17;1-3(2,4)5/h3-4,6-9H,1-2,5H2;4-5H,1-2H3. The Balaban J connectivity index is 0.000000309. The third-order valence-electron chi connectivity index (χ3n) is 3.49. The van der Waals surface area contributed by atoms with Crippen LogP contribution in [0.5, 0.6) is 0 Å². The summed E-state index contributed by atoms with van der Waals surface area (Å²) in [6.45, 7) is 2.60. The molecular weight excluding hydrogens is 306 g/mol. The van der Waals surface area contributed by atoms with E-state index in [1.807, 2.05) is 12.3 Å². The molecular formula is C15H20ClN3O3. The highest BCUT2D eigenvalue weighted by atomic mass is 35.5. The van der Waals surface area contributed by atoms with E-state index < -0.39 is 5.79 Å². The summed E-state index contributed by atoms with van der Waals surface area (Å²) in [5.74, 6) is -1.31. The van der Waals surface area contributed by atoms with E-state index in [1.165, 1.54) is 20.2 Å². The minimum Gasteiger partial charge on any atom is -0.366 e. The number of halogens is 1. The van der Waals surface area contributed by atoms with Crippen LogP contribution in [0.4, 0.5) is 0 Å². The van der Waals surface area contributed by atoms with Crippen LogP contribution in [-0.4, -0.2) is 36.8 Å². The van der Waals surface area contributed by atoms with Crippen molar-refractivity contribution < 1.29 is 15.0 Å². The van der Waals surface area contributed by atoms with E-state index in [0.717, 1.165) is 36.6 Å². The van der Waals surface area contributed by atoms with Gasteiger partial charge in [-0.1, -0.05) is 11.6 Å². The predicted octanol–water partition coefficient (Wildman–Crippen LogP) is 2.33. The van der Waals surface area contributed by atoms with Gasteiger partial charge in [-0.25, -0.2) is 9.97 Å². The summed E-state index contributed by atoms with van der Waals surface area (Å²) in [6, 6.07) is 2.29. The molecule has 0 saturated heterocycles. The Morgan fingerprint density at radius 3 is 2.64 bits per heavy atom. The molecule has 1 saturated carbocycles. The van der Waals surface area contributed by atoms with Crippen LogP contribution in [0, 0.1) is 5.92 Å². The van der Waals surface area contributed by atoms with Crippen LogP contribution >= 0.6 is 11.6 Å². The first-order chi connectivity index (χ1) is 10.3. The Morgan fingerprint density at radius 1 is 1.36 bits per heavy atom. The molecule has 2 aromatic heterocycles. The summed E-state index contributed by atoms with van der Waals surface area (Å²) in [5, 5.41) is 17.5. The number of rotatable bonds is 2. The van der Waals surface area contributed by atoms with E-state index in [0.29, 0.717) is 11.2 Å². The van der Waals surface area contributed by atoms with Crippen LogP contribution < -0.4 is 0 Å². The van der Waals surface area contributed by atoms with Gasteiger partial charge in [0.05, 0.1) is 5.39 Å². The van der Waals surface area contributed by atoms with Gasteiger partial charge in [-0.3, -0.25) is 0 Å². The zero-order valence-corrected chi connectivity index (χ0v) is 13.4. The van der Waals surface area contributed by atoms with Crippen molar-refractivity contribution in [2.75, 3.05) is 0 Å². The summed E-state index contributed by atoms with van der Waals surface area (Å²) >= 11 is 6.01. The van der Waals surface area contributed by atoms with Gasteiger partial charge in [-0.05, 0) is 39.2 Å². The molecule has 2 aromatic rings. The fourth-order valence-corrected chi connectivity index (χ4v) is 2.79. The molecule has 1 aliphatic rings. The third kappa shape index (κ3) is 4.25. The van der Waals surface area contributed by atoms with Gasteiger partial charge in [-0.15, -0.1) is 0 Å². The van der Waals surface area contributed by atoms with Crippen LogP contribution in [0.1, 0.15) is 39.2 Å². The quantitative estimate of drug-likeness (QED) is 0.502. The SMILES string of the molecule is CC(C)(O)O.O=CC1CCC(n2ccc3c(Cl)ncnc32)C1. The molecule has 1 aliphatic carbocycles. The lowest BCUT2D eigenvalue weighted by Crippen LogP contribution is -2.15. The Labute approximate surface area is 133 Å². The molecule has 6 nitrogen and oxygen atoms in total. The zero-order valence-electron chi connectivity index (χ0n) is 12.6. The van der Waals surface area contributed by atoms with Gasteiger partial charge in [0.25, 0.3) is 0 Å². The zero-order chi connectivity index (χ0) is 16.3. The van der Waals surface area contributed by atoms with E-state index in [2.05, 4.69) is 14.5 Å². The van der Waals surface area contributed by atoms with Crippen molar-refractivity contribution in [3.8, 4) is 0 Å². The van der Waals surface area contributed by atoms with Crippen LogP contribution in [0.25, 0.3) is 11.0 Å². The maximum absolute atomic E-state index is 10.8. The van der Waals surface area contributed by atoms with Crippen molar-refractivity contribution in [1.82, 2.24) is 14.5 Å². The predicted molar refractivity (Wildman–Crippen MR) is 83.5 cm³/mol. The lowest BCUT2D eigenvalue weighted by Gasteiger charge is -2.12. The van der Waals surface area contributed by atoms with Gasteiger partial charge in [0.1, 0.15) is 23.4 Å². The maximum atomic E-state index is 10.8. The lowest BCUT2D eigenvalue weighted by atomic mass is 10.1. The van der Waals surface area contributed by atoms with E-state index in [-0.39, 0.29) is 5.92 Å². The number of hydrogen-bond donors (Lipinski definition) is 2. The van der Waals surface area contributed by atoms with Gasteiger partial charge < -0.3 is 19.6 Å². The van der Waals surface area contributed by atoms with Crippen molar-refractivity contribution in [3.63, 3.8) is 0 Å². The summed E-state index contributed by atoms with van der Waals surface area (Å²) in [5.41, 5.74) is 0.863. The van der Waals surface area contributed by atoms with Crippen LogP contribution in [0.15, 0.2) is 18.6 Å². The summed E-state index contributed by atoms with van der Waals surface area (Å²) in [7, 11) is 0. The fourth-order valence-electron chi connectivity index (χ4n) is 2.60. The molecule has 2 unspecified atom stereocenters. The van der Waals surface area contributed by atoms with Gasteiger partial charge in [0, 0.05) is 18.2 Å². The van der Waals surface area contributed by atoms with Crippen LogP contribution in [0.2, 0.25) is 5.15 Å². The normalized spacial score (nSPS) is 21.5. The molecule has 0 radical (unpaired) electrons. The molecule has 22 heavy (non-hydrogen) atoms. The number of carbonyl (C=O) groups is 1. The number of carbonyl (C=O) groups excluding carboxylic acids is 1. The molecule has 0 aromatic carbocycles. The molecule has 0 aliphatic heterocycles. The highest BCUT2D eigenvalue weighted by Crippen LogP contribution is 2.35. The molecule has 120 valence electrons. The Morgan fingerprint density at radius 2 is 2.05 bits per heavy atom. The number of aldehydes is 1. The van der Waals surface area contributed by atoms with Gasteiger partial charge in [0.15, 0.2) is 5.79 Å². The summed E-state index contributed by atoms with van der Waals surface area (Å²) < 4.78 is 2.12. The summed E-state index contributed by atoms with van der Waals surface area (Å²) in [4.78, 5) is 19.0. The average molecular weight is 326 g/mol. The number of hydrogen-bond acceptors (Lipinski definition) is 5. The highest BCUT2D eigenvalue weighted by molar-refractivity contribution is 6.33. The van der Waals surface area contributed by atoms with Crippen molar-refractivity contribution >= 4 is 28.9 Å². The number of aromatic nitrogens is 3. The highest BCUT2D eigenvalue weighted by Gasteiger charge is 2.26. The molecule has 0 amide bonds. The van der Waals surface area contributed by atoms with Crippen LogP contribution in [-0.2, 0) is 4.79 Å². The topological polar surface area (TPSA) is 88.2 Å². The van der Waals surface area contributed by atoms with Crippen molar-refractivity contribution in [1.29, 1.82) is 0 Å². The minimum atomic E-state index is -1.50. The minimum absolute atomic E-state index is 0.190. The van der Waals surface area contributed by atoms with E-state index in [9.17, 15) is 4.79 Å². The first-order valence-corrected chi connectivity index (χ1v) is 7.54. The van der Waals surface area contributed by atoms with E-state index in [4.69, 9.17) is 21.8 Å². The number of fused-ring (bicyclic) bond motifs is 1. The molecule has 1 fully saturated rings. The maximum Gasteiger partial charge on any atom is 0.156 e. The van der Waals surface area contributed by atoms with Crippen molar-refractivity contribution in [2.45, 2.75) is 44.9 Å². The Kier molecular flexibility index (Phi) is 5.16. The first-order valence-electron chi connectivity index (χ1n) is 7.16. The smallest absolute Gasteiger partial charge is 0.156 e. The van der Waals surface area contributed by atoms with Gasteiger partial charge >= 0.3 is 0 Å². The van der Waals surface area contributed by atoms with E-state index in [1.54, 1.807) is 0 Å². The summed E-state index contributed by atoms with van der Waals surface area (Å²) in [6.07, 6.45) is 7.42. The van der Waals surface area contributed by atoms with E-state index >= 15 is 0 Å². The molecule has 0 spiro atoms. The largest absolute Gasteiger partial charge is 0.366 e. The molecule has 0 bridgehead atoms. The van der Waals surface area contributed by atoms with Gasteiger partial charge in [-0.2, -0.15) is 0 Å².